The van der Waals surface area contributed by atoms with E-state index in [1.807, 2.05) is 13.0 Å². The van der Waals surface area contributed by atoms with Gasteiger partial charge in [0.1, 0.15) is 16.3 Å². The minimum absolute atomic E-state index is 0.147. The number of nitrogens with zero attached hydrogens (tertiary/aromatic N) is 3. The lowest BCUT2D eigenvalue weighted by molar-refractivity contribution is -0.141. The average molecular weight is 450 g/mol. The summed E-state index contributed by atoms with van der Waals surface area (Å²) < 4.78 is 38.7. The Morgan fingerprint density at radius 2 is 1.90 bits per heavy atom. The molecule has 0 saturated heterocycles. The van der Waals surface area contributed by atoms with Crippen LogP contribution < -0.4 is 5.32 Å². The number of thiazole rings is 1. The van der Waals surface area contributed by atoms with Gasteiger partial charge in [0.2, 0.25) is 5.95 Å². The van der Waals surface area contributed by atoms with Gasteiger partial charge in [-0.1, -0.05) is 6.07 Å². The molecule has 4 rings (SSSR count). The predicted molar refractivity (Wildman–Crippen MR) is 111 cm³/mol. The first-order valence-corrected chi connectivity index (χ1v) is 10.6. The van der Waals surface area contributed by atoms with Crippen LogP contribution in [0.2, 0.25) is 0 Å². The van der Waals surface area contributed by atoms with Crippen molar-refractivity contribution in [3.05, 3.63) is 52.9 Å². The van der Waals surface area contributed by atoms with Gasteiger partial charge in [-0.05, 0) is 61.9 Å². The van der Waals surface area contributed by atoms with Crippen molar-refractivity contribution in [3.8, 4) is 10.4 Å². The van der Waals surface area contributed by atoms with Gasteiger partial charge in [0, 0.05) is 18.1 Å². The lowest BCUT2D eigenvalue weighted by Gasteiger charge is -2.32. The Morgan fingerprint density at radius 1 is 1.16 bits per heavy atom. The summed E-state index contributed by atoms with van der Waals surface area (Å²) in [5.74, 6) is -0.147. The van der Waals surface area contributed by atoms with E-state index in [2.05, 4.69) is 20.3 Å². The smallest absolute Gasteiger partial charge is 0.393 e. The van der Waals surface area contributed by atoms with Crippen molar-refractivity contribution in [2.24, 2.45) is 0 Å². The summed E-state index contributed by atoms with van der Waals surface area (Å²) >= 11 is 1.37. The number of aliphatic hydroxyl groups excluding tert-OH is 1. The summed E-state index contributed by atoms with van der Waals surface area (Å²) in [5, 5.41) is 24.1. The molecule has 1 saturated carbocycles. The zero-order chi connectivity index (χ0) is 22.2. The van der Waals surface area contributed by atoms with E-state index in [4.69, 9.17) is 0 Å². The molecule has 1 aromatic carbocycles. The van der Waals surface area contributed by atoms with E-state index in [1.165, 1.54) is 11.3 Å². The second-order valence-electron chi connectivity index (χ2n) is 7.77. The molecule has 0 radical (unpaired) electrons. The van der Waals surface area contributed by atoms with Gasteiger partial charge >= 0.3 is 6.18 Å². The molecule has 0 unspecified atom stereocenters. The molecule has 0 spiro atoms. The van der Waals surface area contributed by atoms with Gasteiger partial charge in [-0.3, -0.25) is 0 Å². The van der Waals surface area contributed by atoms with Crippen molar-refractivity contribution < 1.29 is 23.4 Å². The minimum Gasteiger partial charge on any atom is -0.393 e. The van der Waals surface area contributed by atoms with Crippen molar-refractivity contribution in [1.29, 1.82) is 0 Å². The highest BCUT2D eigenvalue weighted by Crippen LogP contribution is 2.41. The summed E-state index contributed by atoms with van der Waals surface area (Å²) in [7, 11) is 0. The standard InChI is InChI=1S/C21H21F3N4O2S/c1-12-8-13(16-11-26-18(31-16)20(30)5-2-15(29)3-6-20)10-14(9-12)27-19-25-7-4-17(28-19)21(22,23)24/h4,7-11,15,29-30H,2-3,5-6H2,1H3,(H,25,27,28)/t15-,20+. The summed E-state index contributed by atoms with van der Waals surface area (Å²) in [4.78, 5) is 12.7. The van der Waals surface area contributed by atoms with Gasteiger partial charge in [-0.25, -0.2) is 15.0 Å². The molecule has 164 valence electrons. The molecule has 2 heterocycles. The van der Waals surface area contributed by atoms with Crippen LogP contribution in [0.5, 0.6) is 0 Å². The second kappa shape index (κ2) is 8.18. The van der Waals surface area contributed by atoms with E-state index in [-0.39, 0.29) is 12.1 Å². The van der Waals surface area contributed by atoms with Crippen LogP contribution in [-0.2, 0) is 11.8 Å². The van der Waals surface area contributed by atoms with Gasteiger partial charge in [-0.15, -0.1) is 11.3 Å². The van der Waals surface area contributed by atoms with E-state index >= 15 is 0 Å². The van der Waals surface area contributed by atoms with Crippen LogP contribution >= 0.6 is 11.3 Å². The van der Waals surface area contributed by atoms with Gasteiger partial charge in [0.05, 0.1) is 11.0 Å². The summed E-state index contributed by atoms with van der Waals surface area (Å²) in [5.41, 5.74) is 0.192. The Hall–Kier alpha value is -2.56. The number of anilines is 2. The molecule has 31 heavy (non-hydrogen) atoms. The first-order chi connectivity index (χ1) is 14.6. The second-order valence-corrected chi connectivity index (χ2v) is 8.80. The molecule has 1 aliphatic rings. The first-order valence-electron chi connectivity index (χ1n) is 9.78. The summed E-state index contributed by atoms with van der Waals surface area (Å²) in [6, 6.07) is 6.32. The van der Waals surface area contributed by atoms with Crippen LogP contribution in [0, 0.1) is 6.92 Å². The van der Waals surface area contributed by atoms with Crippen molar-refractivity contribution in [1.82, 2.24) is 15.0 Å². The Bertz CT molecular complexity index is 1080. The zero-order valence-corrected chi connectivity index (χ0v) is 17.5. The molecule has 10 heteroatoms. The van der Waals surface area contributed by atoms with E-state index in [1.54, 1.807) is 18.3 Å². The van der Waals surface area contributed by atoms with E-state index < -0.39 is 17.5 Å². The number of hydrogen-bond acceptors (Lipinski definition) is 7. The Morgan fingerprint density at radius 3 is 2.61 bits per heavy atom. The molecule has 0 atom stereocenters. The SMILES string of the molecule is Cc1cc(Nc2nccc(C(F)(F)F)n2)cc(-c2cnc([C@]3(O)CC[C@@H](O)CC3)s2)c1. The number of rotatable bonds is 4. The van der Waals surface area contributed by atoms with Crippen molar-refractivity contribution in [3.63, 3.8) is 0 Å². The minimum atomic E-state index is -4.55. The molecule has 0 aliphatic heterocycles. The lowest BCUT2D eigenvalue weighted by Crippen LogP contribution is -2.33. The van der Waals surface area contributed by atoms with Crippen LogP contribution in [0.3, 0.4) is 0 Å². The highest BCUT2D eigenvalue weighted by atomic mass is 32.1. The maximum atomic E-state index is 12.9. The first kappa shape index (κ1) is 21.7. The maximum absolute atomic E-state index is 12.9. The number of alkyl halides is 3. The molecule has 1 aliphatic carbocycles. The Kier molecular flexibility index (Phi) is 5.71. The van der Waals surface area contributed by atoms with E-state index in [0.717, 1.165) is 28.3 Å². The van der Waals surface area contributed by atoms with E-state index in [9.17, 15) is 23.4 Å². The molecule has 1 fully saturated rings. The van der Waals surface area contributed by atoms with Gasteiger partial charge < -0.3 is 15.5 Å². The highest BCUT2D eigenvalue weighted by Gasteiger charge is 2.37. The van der Waals surface area contributed by atoms with Crippen molar-refractivity contribution in [2.75, 3.05) is 5.32 Å². The van der Waals surface area contributed by atoms with E-state index in [0.29, 0.717) is 36.4 Å². The fourth-order valence-corrected chi connectivity index (χ4v) is 4.67. The van der Waals surface area contributed by atoms with Crippen LogP contribution in [0.1, 0.15) is 41.9 Å². The van der Waals surface area contributed by atoms with Crippen LogP contribution in [0.25, 0.3) is 10.4 Å². The van der Waals surface area contributed by atoms with Crippen molar-refractivity contribution in [2.45, 2.75) is 50.5 Å². The third kappa shape index (κ3) is 4.86. The third-order valence-corrected chi connectivity index (χ3v) is 6.49. The van der Waals surface area contributed by atoms with Gasteiger partial charge in [0.15, 0.2) is 0 Å². The number of hydrogen-bond donors (Lipinski definition) is 3. The largest absolute Gasteiger partial charge is 0.433 e. The average Bonchev–Trinajstić information content (AvgIpc) is 3.21. The van der Waals surface area contributed by atoms with Gasteiger partial charge in [-0.2, -0.15) is 13.2 Å². The monoisotopic (exact) mass is 450 g/mol. The Balaban J connectivity index is 1.59. The highest BCUT2D eigenvalue weighted by molar-refractivity contribution is 7.15. The topological polar surface area (TPSA) is 91.2 Å². The summed E-state index contributed by atoms with van der Waals surface area (Å²) in [6.45, 7) is 1.87. The molecular weight excluding hydrogens is 429 g/mol. The number of nitrogens with one attached hydrogen (secondary N) is 1. The van der Waals surface area contributed by atoms with Gasteiger partial charge in [0.25, 0.3) is 0 Å². The number of benzene rings is 1. The number of aryl methyl sites for hydroxylation is 1. The molecule has 3 aromatic rings. The summed E-state index contributed by atoms with van der Waals surface area (Å²) in [6.07, 6.45) is -0.228. The number of halogens is 3. The molecule has 2 aromatic heterocycles. The number of aromatic nitrogens is 3. The maximum Gasteiger partial charge on any atom is 0.433 e. The molecule has 3 N–H and O–H groups in total. The Labute approximate surface area is 180 Å². The number of aliphatic hydroxyl groups is 2. The quantitative estimate of drug-likeness (QED) is 0.529. The lowest BCUT2D eigenvalue weighted by atomic mass is 9.84. The van der Waals surface area contributed by atoms with Crippen molar-refractivity contribution >= 4 is 23.0 Å². The van der Waals surface area contributed by atoms with Crippen LogP contribution in [-0.4, -0.2) is 31.3 Å². The fourth-order valence-electron chi connectivity index (χ4n) is 3.62. The van der Waals surface area contributed by atoms with Crippen LogP contribution in [0.4, 0.5) is 24.8 Å². The molecule has 0 bridgehead atoms. The third-order valence-electron chi connectivity index (χ3n) is 5.25. The zero-order valence-electron chi connectivity index (χ0n) is 16.6. The normalized spacial score (nSPS) is 21.8. The predicted octanol–water partition coefficient (Wildman–Crippen LogP) is 4.79. The molecule has 6 nitrogen and oxygen atoms in total. The fraction of sp³-hybridized carbons (Fsp3) is 0.381. The molecular formula is C21H21F3N4O2S. The molecule has 0 amide bonds. The van der Waals surface area contributed by atoms with Crippen LogP contribution in [0.15, 0.2) is 36.7 Å².